The third-order valence-electron chi connectivity index (χ3n) is 3.96. The van der Waals surface area contributed by atoms with Crippen molar-refractivity contribution in [1.29, 1.82) is 0 Å². The number of nitrogens with one attached hydrogen (secondary N) is 2. The number of amides is 1. The molecule has 0 saturated carbocycles. The Morgan fingerprint density at radius 3 is 2.81 bits per heavy atom. The summed E-state index contributed by atoms with van der Waals surface area (Å²) >= 11 is 2.82. The highest BCUT2D eigenvalue weighted by Crippen LogP contribution is 2.29. The Labute approximate surface area is 167 Å². The van der Waals surface area contributed by atoms with Gasteiger partial charge >= 0.3 is 0 Å². The van der Waals surface area contributed by atoms with Crippen LogP contribution in [0.2, 0.25) is 0 Å². The normalized spacial score (nSPS) is 15.2. The van der Waals surface area contributed by atoms with Crippen LogP contribution in [0.1, 0.15) is 6.92 Å². The summed E-state index contributed by atoms with van der Waals surface area (Å²) in [4.78, 5) is 14.7. The number of aromatic nitrogens is 2. The van der Waals surface area contributed by atoms with Gasteiger partial charge in [0, 0.05) is 31.0 Å². The number of morpholine rings is 1. The average Bonchev–Trinajstić information content (AvgIpc) is 3.15. The van der Waals surface area contributed by atoms with E-state index in [1.165, 1.54) is 23.1 Å². The van der Waals surface area contributed by atoms with E-state index in [4.69, 9.17) is 4.74 Å². The fraction of sp³-hybridized carbons (Fsp3) is 0.389. The van der Waals surface area contributed by atoms with Gasteiger partial charge in [0.1, 0.15) is 0 Å². The molecule has 2 aromatic rings. The van der Waals surface area contributed by atoms with Crippen LogP contribution >= 0.6 is 23.1 Å². The zero-order valence-electron chi connectivity index (χ0n) is 15.2. The lowest BCUT2D eigenvalue weighted by Crippen LogP contribution is -2.36. The van der Waals surface area contributed by atoms with Crippen molar-refractivity contribution in [3.8, 4) is 0 Å². The lowest BCUT2D eigenvalue weighted by atomic mass is 10.2. The fourth-order valence-electron chi connectivity index (χ4n) is 2.51. The minimum absolute atomic E-state index is 0.0603. The molecular formula is C18H23N5O2S2. The van der Waals surface area contributed by atoms with E-state index in [1.807, 2.05) is 31.2 Å². The first-order valence-corrected chi connectivity index (χ1v) is 10.4. The summed E-state index contributed by atoms with van der Waals surface area (Å²) in [5.74, 6) is -0.0603. The van der Waals surface area contributed by atoms with Crippen LogP contribution in [0.4, 0.5) is 16.5 Å². The first-order chi connectivity index (χ1) is 13.2. The van der Waals surface area contributed by atoms with E-state index in [0.29, 0.717) is 6.54 Å². The van der Waals surface area contributed by atoms with Gasteiger partial charge in [0.2, 0.25) is 11.0 Å². The van der Waals surface area contributed by atoms with Crippen molar-refractivity contribution in [2.45, 2.75) is 16.5 Å². The molecule has 0 aliphatic carbocycles. The predicted molar refractivity (Wildman–Crippen MR) is 112 cm³/mol. The Hall–Kier alpha value is -2.10. The zero-order valence-corrected chi connectivity index (χ0v) is 16.8. The van der Waals surface area contributed by atoms with Crippen molar-refractivity contribution < 1.29 is 9.53 Å². The molecule has 7 nitrogen and oxygen atoms in total. The van der Waals surface area contributed by atoms with Crippen molar-refractivity contribution in [3.05, 3.63) is 36.9 Å². The molecule has 1 fully saturated rings. The van der Waals surface area contributed by atoms with E-state index >= 15 is 0 Å². The number of carbonyl (C=O) groups excluding carboxylic acids is 1. The summed E-state index contributed by atoms with van der Waals surface area (Å²) in [7, 11) is 0. The van der Waals surface area contributed by atoms with Crippen molar-refractivity contribution in [3.63, 3.8) is 0 Å². The standard InChI is InChI=1S/C18H23N5O2S2/c1-3-8-19-17-21-22-18(27-17)26-13(2)16(24)20-14-4-6-15(7-5-14)23-9-11-25-12-10-23/h3-7,13H,1,8-12H2,2H3,(H,19,21)(H,20,24)/t13-/m1/s1. The van der Waals surface area contributed by atoms with E-state index < -0.39 is 0 Å². The number of rotatable bonds is 8. The van der Waals surface area contributed by atoms with Gasteiger partial charge in [-0.1, -0.05) is 29.2 Å². The molecule has 144 valence electrons. The molecule has 1 aliphatic heterocycles. The van der Waals surface area contributed by atoms with Gasteiger partial charge in [0.15, 0.2) is 4.34 Å². The molecule has 1 saturated heterocycles. The molecule has 0 bridgehead atoms. The Kier molecular flexibility index (Phi) is 7.08. The minimum atomic E-state index is -0.274. The second kappa shape index (κ2) is 9.72. The Morgan fingerprint density at radius 1 is 1.37 bits per heavy atom. The third-order valence-corrected chi connectivity index (χ3v) is 6.03. The molecule has 2 heterocycles. The molecular weight excluding hydrogens is 382 g/mol. The highest BCUT2D eigenvalue weighted by molar-refractivity contribution is 8.02. The zero-order chi connectivity index (χ0) is 19.1. The molecule has 0 spiro atoms. The van der Waals surface area contributed by atoms with Gasteiger partial charge in [-0.3, -0.25) is 4.79 Å². The summed E-state index contributed by atoms with van der Waals surface area (Å²) < 4.78 is 6.13. The Balaban J connectivity index is 1.51. The van der Waals surface area contributed by atoms with Gasteiger partial charge in [-0.15, -0.1) is 16.8 Å². The number of benzene rings is 1. The molecule has 1 aromatic heterocycles. The number of carbonyl (C=O) groups is 1. The maximum Gasteiger partial charge on any atom is 0.237 e. The van der Waals surface area contributed by atoms with Crippen LogP contribution < -0.4 is 15.5 Å². The van der Waals surface area contributed by atoms with Crippen LogP contribution in [0, 0.1) is 0 Å². The minimum Gasteiger partial charge on any atom is -0.378 e. The van der Waals surface area contributed by atoms with Gasteiger partial charge in [-0.05, 0) is 31.2 Å². The van der Waals surface area contributed by atoms with Crippen LogP contribution in [0.5, 0.6) is 0 Å². The molecule has 3 rings (SSSR count). The number of hydrogen-bond donors (Lipinski definition) is 2. The van der Waals surface area contributed by atoms with Crippen LogP contribution in [0.25, 0.3) is 0 Å². The maximum absolute atomic E-state index is 12.5. The quantitative estimate of drug-likeness (QED) is 0.516. The van der Waals surface area contributed by atoms with Crippen molar-refractivity contribution in [2.75, 3.05) is 48.4 Å². The van der Waals surface area contributed by atoms with E-state index in [9.17, 15) is 4.79 Å². The number of nitrogens with zero attached hydrogens (tertiary/aromatic N) is 3. The lowest BCUT2D eigenvalue weighted by molar-refractivity contribution is -0.115. The molecule has 1 aliphatic rings. The van der Waals surface area contributed by atoms with Crippen molar-refractivity contribution in [1.82, 2.24) is 10.2 Å². The second-order valence-electron chi connectivity index (χ2n) is 5.94. The molecule has 27 heavy (non-hydrogen) atoms. The number of ether oxygens (including phenoxy) is 1. The number of anilines is 3. The number of thioether (sulfide) groups is 1. The van der Waals surface area contributed by atoms with E-state index in [2.05, 4.69) is 32.3 Å². The van der Waals surface area contributed by atoms with Crippen LogP contribution in [-0.2, 0) is 9.53 Å². The average molecular weight is 406 g/mol. The Morgan fingerprint density at radius 2 is 2.11 bits per heavy atom. The smallest absolute Gasteiger partial charge is 0.237 e. The van der Waals surface area contributed by atoms with Crippen molar-refractivity contribution >= 4 is 45.5 Å². The van der Waals surface area contributed by atoms with E-state index in [-0.39, 0.29) is 11.2 Å². The van der Waals surface area contributed by atoms with Crippen molar-refractivity contribution in [2.24, 2.45) is 0 Å². The molecule has 9 heteroatoms. The SMILES string of the molecule is C=CCNc1nnc(S[C@H](C)C(=O)Nc2ccc(N3CCOCC3)cc2)s1. The Bertz CT molecular complexity index is 759. The molecule has 1 aromatic carbocycles. The van der Waals surface area contributed by atoms with E-state index in [1.54, 1.807) is 6.08 Å². The molecule has 0 radical (unpaired) electrons. The first-order valence-electron chi connectivity index (χ1n) is 8.74. The van der Waals surface area contributed by atoms with Gasteiger partial charge in [-0.2, -0.15) is 0 Å². The summed E-state index contributed by atoms with van der Waals surface area (Å²) in [6.07, 6.45) is 1.76. The fourth-order valence-corrected chi connectivity index (χ4v) is 4.42. The lowest BCUT2D eigenvalue weighted by Gasteiger charge is -2.28. The highest BCUT2D eigenvalue weighted by Gasteiger charge is 2.18. The molecule has 1 amide bonds. The van der Waals surface area contributed by atoms with E-state index in [0.717, 1.165) is 47.1 Å². The predicted octanol–water partition coefficient (Wildman–Crippen LogP) is 3.09. The van der Waals surface area contributed by atoms with Gasteiger partial charge in [-0.25, -0.2) is 0 Å². The molecule has 0 unspecified atom stereocenters. The largest absolute Gasteiger partial charge is 0.378 e. The number of hydrogen-bond acceptors (Lipinski definition) is 8. The molecule has 1 atom stereocenters. The van der Waals surface area contributed by atoms with Crippen LogP contribution in [-0.4, -0.2) is 54.2 Å². The second-order valence-corrected chi connectivity index (χ2v) is 8.50. The maximum atomic E-state index is 12.5. The summed E-state index contributed by atoms with van der Waals surface area (Å²) in [6, 6.07) is 7.92. The first kappa shape index (κ1) is 19.7. The third kappa shape index (κ3) is 5.69. The summed E-state index contributed by atoms with van der Waals surface area (Å²) in [6.45, 7) is 9.44. The van der Waals surface area contributed by atoms with Gasteiger partial charge in [0.25, 0.3) is 0 Å². The van der Waals surface area contributed by atoms with Gasteiger partial charge < -0.3 is 20.3 Å². The summed E-state index contributed by atoms with van der Waals surface area (Å²) in [5.41, 5.74) is 1.93. The van der Waals surface area contributed by atoms with Crippen LogP contribution in [0.15, 0.2) is 41.3 Å². The highest BCUT2D eigenvalue weighted by atomic mass is 32.2. The van der Waals surface area contributed by atoms with Gasteiger partial charge in [0.05, 0.1) is 18.5 Å². The monoisotopic (exact) mass is 405 g/mol. The van der Waals surface area contributed by atoms with Crippen LogP contribution in [0.3, 0.4) is 0 Å². The summed E-state index contributed by atoms with van der Waals surface area (Å²) in [5, 5.41) is 14.6. The molecule has 2 N–H and O–H groups in total. The topological polar surface area (TPSA) is 79.4 Å².